The Kier molecular flexibility index (Phi) is 4.83. The molecule has 1 amide bonds. The molecule has 2 aliphatic rings. The van der Waals surface area contributed by atoms with Crippen LogP contribution in [0.25, 0.3) is 10.9 Å². The Bertz CT molecular complexity index is 1170. The van der Waals surface area contributed by atoms with E-state index in [1.54, 1.807) is 25.3 Å². The molecule has 2 fully saturated rings. The fourth-order valence-electron chi connectivity index (χ4n) is 5.01. The van der Waals surface area contributed by atoms with Crippen molar-refractivity contribution in [2.45, 2.75) is 32.2 Å². The molecule has 3 aromatic rings. The molecule has 168 valence electrons. The highest BCUT2D eigenvalue weighted by molar-refractivity contribution is 5.92. The zero-order valence-corrected chi connectivity index (χ0v) is 17.0. The standard InChI is InChI=1S/C22H20F4N4O2/c1-11(21(31)29-13-9-28-30(10-13)22(24,25)26)20-15-7-14(8-16(15)20)32-19-4-5-27-18-3-2-12(23)6-17(18)19/h2-6,9-11,14-16,20H,7-8H2,1H3,(H,29,31). The zero-order valence-electron chi connectivity index (χ0n) is 17.0. The topological polar surface area (TPSA) is 69.0 Å². The number of alkyl halides is 3. The number of hydrogen-bond acceptors (Lipinski definition) is 4. The van der Waals surface area contributed by atoms with Crippen LogP contribution < -0.4 is 10.1 Å². The van der Waals surface area contributed by atoms with E-state index in [4.69, 9.17) is 4.74 Å². The van der Waals surface area contributed by atoms with Gasteiger partial charge in [-0.1, -0.05) is 6.92 Å². The lowest BCUT2D eigenvalue weighted by atomic mass is 9.97. The molecular formula is C22H20F4N4O2. The first-order chi connectivity index (χ1) is 15.2. The molecule has 32 heavy (non-hydrogen) atoms. The molecule has 2 heterocycles. The molecule has 0 bridgehead atoms. The SMILES string of the molecule is CC(C(=O)Nc1cnn(C(F)(F)F)c1)C1C2CC(Oc3ccnc4ccc(F)cc34)CC21. The van der Waals surface area contributed by atoms with Crippen LogP contribution in [0.3, 0.4) is 0 Å². The van der Waals surface area contributed by atoms with Gasteiger partial charge in [-0.3, -0.25) is 9.78 Å². The molecule has 0 saturated heterocycles. The minimum absolute atomic E-state index is 0.0167. The van der Waals surface area contributed by atoms with Crippen molar-refractivity contribution >= 4 is 22.5 Å². The van der Waals surface area contributed by atoms with Crippen LogP contribution in [0.1, 0.15) is 19.8 Å². The second-order valence-corrected chi connectivity index (χ2v) is 8.51. The van der Waals surface area contributed by atoms with E-state index in [1.165, 1.54) is 12.1 Å². The molecule has 2 aliphatic carbocycles. The van der Waals surface area contributed by atoms with Crippen molar-refractivity contribution in [2.24, 2.45) is 23.7 Å². The molecule has 2 saturated carbocycles. The summed E-state index contributed by atoms with van der Waals surface area (Å²) in [5, 5.41) is 6.37. The number of fused-ring (bicyclic) bond motifs is 2. The van der Waals surface area contributed by atoms with Crippen molar-refractivity contribution in [3.63, 3.8) is 0 Å². The number of halogens is 4. The van der Waals surface area contributed by atoms with Gasteiger partial charge >= 0.3 is 6.30 Å². The third kappa shape index (κ3) is 3.78. The summed E-state index contributed by atoms with van der Waals surface area (Å²) >= 11 is 0. The lowest BCUT2D eigenvalue weighted by Gasteiger charge is -2.20. The predicted octanol–water partition coefficient (Wildman–Crippen LogP) is 4.72. The van der Waals surface area contributed by atoms with Crippen LogP contribution in [0.5, 0.6) is 5.75 Å². The summed E-state index contributed by atoms with van der Waals surface area (Å²) < 4.78 is 57.6. The molecule has 10 heteroatoms. The van der Waals surface area contributed by atoms with Crippen molar-refractivity contribution in [3.8, 4) is 5.75 Å². The van der Waals surface area contributed by atoms with Gasteiger partial charge in [-0.15, -0.1) is 13.2 Å². The summed E-state index contributed by atoms with van der Waals surface area (Å²) in [6.45, 7) is 1.79. The van der Waals surface area contributed by atoms with Crippen LogP contribution in [0.15, 0.2) is 42.9 Å². The first kappa shape index (κ1) is 20.7. The molecule has 0 aliphatic heterocycles. The van der Waals surface area contributed by atoms with Crippen LogP contribution in [0.4, 0.5) is 23.2 Å². The first-order valence-electron chi connectivity index (χ1n) is 10.3. The van der Waals surface area contributed by atoms with E-state index in [0.29, 0.717) is 28.5 Å². The number of aromatic nitrogens is 3. The Morgan fingerprint density at radius 1 is 1.25 bits per heavy atom. The number of hydrogen-bond donors (Lipinski definition) is 1. The first-order valence-corrected chi connectivity index (χ1v) is 10.3. The van der Waals surface area contributed by atoms with Gasteiger partial charge in [0.2, 0.25) is 5.91 Å². The quantitative estimate of drug-likeness (QED) is 0.574. The van der Waals surface area contributed by atoms with E-state index in [2.05, 4.69) is 15.4 Å². The van der Waals surface area contributed by atoms with E-state index in [1.807, 2.05) is 0 Å². The number of anilines is 1. The van der Waals surface area contributed by atoms with Gasteiger partial charge in [0.1, 0.15) is 11.6 Å². The van der Waals surface area contributed by atoms with Crippen LogP contribution in [0.2, 0.25) is 0 Å². The number of ether oxygens (including phenoxy) is 1. The summed E-state index contributed by atoms with van der Waals surface area (Å²) in [6.07, 6.45) is 0.262. The second-order valence-electron chi connectivity index (χ2n) is 8.51. The maximum Gasteiger partial charge on any atom is 0.504 e. The molecular weight excluding hydrogens is 428 g/mol. The number of amides is 1. The molecule has 3 atom stereocenters. The minimum atomic E-state index is -4.62. The Balaban J connectivity index is 1.18. The highest BCUT2D eigenvalue weighted by Crippen LogP contribution is 2.61. The van der Waals surface area contributed by atoms with Gasteiger partial charge in [-0.05, 0) is 54.9 Å². The molecule has 5 rings (SSSR count). The van der Waals surface area contributed by atoms with Crippen LogP contribution in [-0.2, 0) is 11.1 Å². The monoisotopic (exact) mass is 448 g/mol. The molecule has 3 unspecified atom stereocenters. The number of pyridine rings is 1. The number of carbonyl (C=O) groups excluding carboxylic acids is 1. The van der Waals surface area contributed by atoms with E-state index < -0.39 is 6.30 Å². The maximum atomic E-state index is 13.6. The Labute approximate surface area is 180 Å². The summed E-state index contributed by atoms with van der Waals surface area (Å²) in [5.41, 5.74) is 0.673. The van der Waals surface area contributed by atoms with Gasteiger partial charge in [0, 0.05) is 17.5 Å². The van der Waals surface area contributed by atoms with E-state index in [-0.39, 0.29) is 40.0 Å². The predicted molar refractivity (Wildman–Crippen MR) is 107 cm³/mol. The van der Waals surface area contributed by atoms with E-state index in [9.17, 15) is 22.4 Å². The molecule has 1 N–H and O–H groups in total. The molecule has 0 spiro atoms. The van der Waals surface area contributed by atoms with Crippen molar-refractivity contribution in [1.29, 1.82) is 0 Å². The van der Waals surface area contributed by atoms with Crippen molar-refractivity contribution in [3.05, 3.63) is 48.7 Å². The Morgan fingerprint density at radius 2 is 2.00 bits per heavy atom. The van der Waals surface area contributed by atoms with Gasteiger partial charge in [0.25, 0.3) is 0 Å². The third-order valence-electron chi connectivity index (χ3n) is 6.53. The summed E-state index contributed by atoms with van der Waals surface area (Å²) in [6, 6.07) is 6.09. The minimum Gasteiger partial charge on any atom is -0.490 e. The second kappa shape index (κ2) is 7.46. The fraction of sp³-hybridized carbons (Fsp3) is 0.409. The fourth-order valence-corrected chi connectivity index (χ4v) is 5.01. The number of rotatable bonds is 5. The zero-order chi connectivity index (χ0) is 22.6. The van der Waals surface area contributed by atoms with E-state index in [0.717, 1.165) is 25.2 Å². The highest BCUT2D eigenvalue weighted by Gasteiger charge is 2.59. The molecule has 1 aromatic carbocycles. The van der Waals surface area contributed by atoms with Crippen LogP contribution in [0, 0.1) is 29.5 Å². The third-order valence-corrected chi connectivity index (χ3v) is 6.53. The van der Waals surface area contributed by atoms with Gasteiger partial charge in [-0.25, -0.2) is 4.39 Å². The average Bonchev–Trinajstić information content (AvgIpc) is 3.08. The lowest BCUT2D eigenvalue weighted by Crippen LogP contribution is -2.25. The molecule has 2 aromatic heterocycles. The van der Waals surface area contributed by atoms with Gasteiger partial charge < -0.3 is 10.1 Å². The average molecular weight is 448 g/mol. The summed E-state index contributed by atoms with van der Waals surface area (Å²) in [5.74, 6) is 0.386. The number of carbonyl (C=O) groups is 1. The normalized spacial score (nSPS) is 25.4. The van der Waals surface area contributed by atoms with Crippen LogP contribution >= 0.6 is 0 Å². The van der Waals surface area contributed by atoms with Crippen molar-refractivity contribution in [1.82, 2.24) is 14.8 Å². The van der Waals surface area contributed by atoms with Gasteiger partial charge in [-0.2, -0.15) is 9.78 Å². The van der Waals surface area contributed by atoms with Gasteiger partial charge in [0.05, 0.1) is 29.7 Å². The Hall–Kier alpha value is -3.17. The van der Waals surface area contributed by atoms with Crippen molar-refractivity contribution in [2.75, 3.05) is 5.32 Å². The number of nitrogens with zero attached hydrogens (tertiary/aromatic N) is 3. The Morgan fingerprint density at radius 3 is 2.69 bits per heavy atom. The highest BCUT2D eigenvalue weighted by atomic mass is 19.4. The maximum absolute atomic E-state index is 13.6. The summed E-state index contributed by atoms with van der Waals surface area (Å²) in [7, 11) is 0. The molecule has 6 nitrogen and oxygen atoms in total. The van der Waals surface area contributed by atoms with E-state index >= 15 is 0 Å². The van der Waals surface area contributed by atoms with Crippen LogP contribution in [-0.4, -0.2) is 26.8 Å². The van der Waals surface area contributed by atoms with Gasteiger partial charge in [0.15, 0.2) is 0 Å². The summed E-state index contributed by atoms with van der Waals surface area (Å²) in [4.78, 5) is 16.8. The largest absolute Gasteiger partial charge is 0.504 e. The lowest BCUT2D eigenvalue weighted by molar-refractivity contribution is -0.212. The number of benzene rings is 1. The number of nitrogens with one attached hydrogen (secondary N) is 1. The molecule has 0 radical (unpaired) electrons. The smallest absolute Gasteiger partial charge is 0.490 e. The van der Waals surface area contributed by atoms with Crippen molar-refractivity contribution < 1.29 is 27.1 Å².